The molecule has 6 nitrogen and oxygen atoms in total. The molecule has 0 radical (unpaired) electrons. The lowest BCUT2D eigenvalue weighted by atomic mass is 9.97. The molecule has 4 rings (SSSR count). The Morgan fingerprint density at radius 3 is 3.00 bits per heavy atom. The molecule has 134 valence electrons. The lowest BCUT2D eigenvalue weighted by Gasteiger charge is -2.12. The summed E-state index contributed by atoms with van der Waals surface area (Å²) in [6.07, 6.45) is 6.66. The Hall–Kier alpha value is -2.54. The largest absolute Gasteiger partial charge is 0.369 e. The van der Waals surface area contributed by atoms with Crippen molar-refractivity contribution in [1.29, 1.82) is 0 Å². The molecular formula is C19H21N5OS. The van der Waals surface area contributed by atoms with E-state index in [-0.39, 0.29) is 5.91 Å². The van der Waals surface area contributed by atoms with Crippen LogP contribution in [-0.2, 0) is 17.6 Å². The summed E-state index contributed by atoms with van der Waals surface area (Å²) in [5.41, 5.74) is 2.28. The van der Waals surface area contributed by atoms with Gasteiger partial charge in [0.25, 0.3) is 0 Å². The van der Waals surface area contributed by atoms with Gasteiger partial charge in [-0.15, -0.1) is 11.3 Å². The quantitative estimate of drug-likeness (QED) is 0.718. The number of hydrogen-bond acceptors (Lipinski definition) is 6. The van der Waals surface area contributed by atoms with Crippen molar-refractivity contribution in [2.24, 2.45) is 0 Å². The van der Waals surface area contributed by atoms with E-state index in [0.29, 0.717) is 18.8 Å². The molecule has 3 heterocycles. The number of nitrogens with zero attached hydrogens (tertiary/aromatic N) is 3. The molecule has 1 aliphatic carbocycles. The van der Waals surface area contributed by atoms with Gasteiger partial charge in [0.2, 0.25) is 5.91 Å². The van der Waals surface area contributed by atoms with Crippen LogP contribution in [0.1, 0.15) is 35.4 Å². The SMILES string of the molecule is Cc1cccc(NC(=O)CCNc2ncnc3sc4c(c23)CCCC4)n1. The Labute approximate surface area is 156 Å². The summed E-state index contributed by atoms with van der Waals surface area (Å²) in [5.74, 6) is 1.37. The Morgan fingerprint density at radius 2 is 2.12 bits per heavy atom. The minimum absolute atomic E-state index is 0.0618. The maximum Gasteiger partial charge on any atom is 0.227 e. The van der Waals surface area contributed by atoms with Crippen molar-refractivity contribution in [1.82, 2.24) is 15.0 Å². The first-order valence-electron chi connectivity index (χ1n) is 8.93. The predicted molar refractivity (Wildman–Crippen MR) is 105 cm³/mol. The van der Waals surface area contributed by atoms with Gasteiger partial charge >= 0.3 is 0 Å². The second-order valence-corrected chi connectivity index (χ2v) is 7.59. The average Bonchev–Trinajstić information content (AvgIpc) is 3.01. The fourth-order valence-corrected chi connectivity index (χ4v) is 4.57. The van der Waals surface area contributed by atoms with E-state index < -0.39 is 0 Å². The van der Waals surface area contributed by atoms with Crippen molar-refractivity contribution in [2.45, 2.75) is 39.0 Å². The van der Waals surface area contributed by atoms with Crippen LogP contribution in [0, 0.1) is 6.92 Å². The number of hydrogen-bond donors (Lipinski definition) is 2. The number of pyridine rings is 1. The molecule has 0 unspecified atom stereocenters. The maximum absolute atomic E-state index is 12.1. The topological polar surface area (TPSA) is 79.8 Å². The van der Waals surface area contributed by atoms with Gasteiger partial charge in [-0.2, -0.15) is 0 Å². The highest BCUT2D eigenvalue weighted by atomic mass is 32.1. The average molecular weight is 367 g/mol. The van der Waals surface area contributed by atoms with Crippen LogP contribution in [-0.4, -0.2) is 27.4 Å². The van der Waals surface area contributed by atoms with E-state index in [9.17, 15) is 4.79 Å². The highest BCUT2D eigenvalue weighted by Crippen LogP contribution is 2.38. The van der Waals surface area contributed by atoms with Crippen LogP contribution in [0.3, 0.4) is 0 Å². The highest BCUT2D eigenvalue weighted by molar-refractivity contribution is 7.19. The smallest absolute Gasteiger partial charge is 0.227 e. The molecule has 0 spiro atoms. The summed E-state index contributed by atoms with van der Waals surface area (Å²) in [6.45, 7) is 2.42. The maximum atomic E-state index is 12.1. The zero-order valence-electron chi connectivity index (χ0n) is 14.7. The van der Waals surface area contributed by atoms with E-state index in [2.05, 4.69) is 25.6 Å². The number of fused-ring (bicyclic) bond motifs is 3. The lowest BCUT2D eigenvalue weighted by Crippen LogP contribution is -2.17. The Morgan fingerprint density at radius 1 is 1.23 bits per heavy atom. The van der Waals surface area contributed by atoms with E-state index in [0.717, 1.165) is 34.6 Å². The number of nitrogens with one attached hydrogen (secondary N) is 2. The summed E-state index contributed by atoms with van der Waals surface area (Å²) >= 11 is 1.78. The Balaban J connectivity index is 1.42. The molecule has 7 heteroatoms. The molecule has 2 N–H and O–H groups in total. The number of amides is 1. The van der Waals surface area contributed by atoms with E-state index in [1.807, 2.05) is 19.1 Å². The van der Waals surface area contributed by atoms with Gasteiger partial charge in [-0.3, -0.25) is 4.79 Å². The van der Waals surface area contributed by atoms with Crippen LogP contribution in [0.15, 0.2) is 24.5 Å². The van der Waals surface area contributed by atoms with Crippen LogP contribution >= 0.6 is 11.3 Å². The standard InChI is InChI=1S/C19H21N5OS/c1-12-5-4-8-15(23-12)24-16(25)9-10-20-18-17-13-6-2-3-7-14(13)26-19(17)22-11-21-18/h4-5,8,11H,2-3,6-7,9-10H2,1H3,(H,20,21,22)(H,23,24,25). The van der Waals surface area contributed by atoms with Gasteiger partial charge in [0.1, 0.15) is 22.8 Å². The molecular weight excluding hydrogens is 346 g/mol. The zero-order chi connectivity index (χ0) is 17.9. The molecule has 3 aromatic rings. The van der Waals surface area contributed by atoms with Gasteiger partial charge in [-0.05, 0) is 50.3 Å². The third-order valence-corrected chi connectivity index (χ3v) is 5.75. The van der Waals surface area contributed by atoms with Crippen molar-refractivity contribution in [3.05, 3.63) is 40.7 Å². The molecule has 1 aliphatic rings. The monoisotopic (exact) mass is 367 g/mol. The number of aromatic nitrogens is 3. The summed E-state index contributed by atoms with van der Waals surface area (Å²) in [4.78, 5) is 27.8. The van der Waals surface area contributed by atoms with E-state index in [1.165, 1.54) is 23.3 Å². The third-order valence-electron chi connectivity index (χ3n) is 4.55. The fourth-order valence-electron chi connectivity index (χ4n) is 3.34. The summed E-state index contributed by atoms with van der Waals surface area (Å²) < 4.78 is 0. The Kier molecular flexibility index (Phi) is 4.79. The molecule has 26 heavy (non-hydrogen) atoms. The number of carbonyl (C=O) groups excluding carboxylic acids is 1. The zero-order valence-corrected chi connectivity index (χ0v) is 15.5. The van der Waals surface area contributed by atoms with Gasteiger partial charge in [0.15, 0.2) is 0 Å². The number of anilines is 2. The van der Waals surface area contributed by atoms with Gasteiger partial charge in [0, 0.05) is 23.5 Å². The number of rotatable bonds is 5. The first kappa shape index (κ1) is 16.9. The molecule has 3 aromatic heterocycles. The molecule has 0 fully saturated rings. The van der Waals surface area contributed by atoms with E-state index in [4.69, 9.17) is 0 Å². The molecule has 0 bridgehead atoms. The van der Waals surface area contributed by atoms with Crippen LogP contribution in [0.5, 0.6) is 0 Å². The van der Waals surface area contributed by atoms with Crippen LogP contribution in [0.25, 0.3) is 10.2 Å². The molecule has 0 saturated heterocycles. The molecule has 0 aliphatic heterocycles. The second-order valence-electron chi connectivity index (χ2n) is 6.50. The second kappa shape index (κ2) is 7.37. The minimum atomic E-state index is -0.0618. The van der Waals surface area contributed by atoms with Crippen LogP contribution < -0.4 is 10.6 Å². The van der Waals surface area contributed by atoms with E-state index in [1.54, 1.807) is 23.7 Å². The highest BCUT2D eigenvalue weighted by Gasteiger charge is 2.19. The van der Waals surface area contributed by atoms with E-state index >= 15 is 0 Å². The summed E-state index contributed by atoms with van der Waals surface area (Å²) in [6, 6.07) is 5.58. The van der Waals surface area contributed by atoms with Crippen LogP contribution in [0.2, 0.25) is 0 Å². The van der Waals surface area contributed by atoms with Gasteiger partial charge in [-0.25, -0.2) is 15.0 Å². The van der Waals surface area contributed by atoms with Crippen LogP contribution in [0.4, 0.5) is 11.6 Å². The lowest BCUT2D eigenvalue weighted by molar-refractivity contribution is -0.116. The van der Waals surface area contributed by atoms with Crippen molar-refractivity contribution in [3.63, 3.8) is 0 Å². The minimum Gasteiger partial charge on any atom is -0.369 e. The summed E-state index contributed by atoms with van der Waals surface area (Å²) in [5, 5.41) is 7.30. The van der Waals surface area contributed by atoms with Gasteiger partial charge in [-0.1, -0.05) is 6.07 Å². The molecule has 0 saturated carbocycles. The van der Waals surface area contributed by atoms with Crippen molar-refractivity contribution >= 4 is 39.1 Å². The van der Waals surface area contributed by atoms with Crippen molar-refractivity contribution < 1.29 is 4.79 Å². The first-order valence-corrected chi connectivity index (χ1v) is 9.75. The Bertz CT molecular complexity index is 952. The fraction of sp³-hybridized carbons (Fsp3) is 0.368. The number of thiophene rings is 1. The molecule has 0 aromatic carbocycles. The number of aryl methyl sites for hydroxylation is 3. The number of carbonyl (C=O) groups is 1. The van der Waals surface area contributed by atoms with Gasteiger partial charge < -0.3 is 10.6 Å². The molecule has 0 atom stereocenters. The van der Waals surface area contributed by atoms with Crippen molar-refractivity contribution in [3.8, 4) is 0 Å². The summed E-state index contributed by atoms with van der Waals surface area (Å²) in [7, 11) is 0. The van der Waals surface area contributed by atoms with Gasteiger partial charge in [0.05, 0.1) is 5.39 Å². The third kappa shape index (κ3) is 3.53. The normalized spacial score (nSPS) is 13.4. The predicted octanol–water partition coefficient (Wildman–Crippen LogP) is 3.71. The molecule has 1 amide bonds. The van der Waals surface area contributed by atoms with Crippen molar-refractivity contribution in [2.75, 3.05) is 17.2 Å². The first-order chi connectivity index (χ1) is 12.7.